The smallest absolute Gasteiger partial charge is 0.183 e. The van der Waals surface area contributed by atoms with Gasteiger partial charge in [0.15, 0.2) is 6.29 Å². The van der Waals surface area contributed by atoms with Gasteiger partial charge in [0.05, 0.1) is 6.07 Å². The fraction of sp³-hybridized carbons (Fsp3) is 0.533. The molecule has 0 aliphatic heterocycles. The SMILES string of the molecule is COC(OC)c1ccc(SCC2(CC#N)CC2)cc1. The molecule has 102 valence electrons. The minimum Gasteiger partial charge on any atom is -0.352 e. The first kappa shape index (κ1) is 14.4. The van der Waals surface area contributed by atoms with Gasteiger partial charge in [-0.15, -0.1) is 11.8 Å². The molecule has 1 saturated carbocycles. The van der Waals surface area contributed by atoms with Crippen LogP contribution in [0.2, 0.25) is 0 Å². The molecule has 0 N–H and O–H groups in total. The number of hydrogen-bond acceptors (Lipinski definition) is 4. The van der Waals surface area contributed by atoms with Crippen molar-refractivity contribution in [1.82, 2.24) is 0 Å². The summed E-state index contributed by atoms with van der Waals surface area (Å²) in [5.74, 6) is 1.04. The largest absolute Gasteiger partial charge is 0.352 e. The van der Waals surface area contributed by atoms with Crippen molar-refractivity contribution in [1.29, 1.82) is 5.26 Å². The number of nitriles is 1. The van der Waals surface area contributed by atoms with Crippen LogP contribution in [0.1, 0.15) is 31.1 Å². The van der Waals surface area contributed by atoms with Crippen LogP contribution in [-0.2, 0) is 9.47 Å². The molecular formula is C15H19NO2S. The lowest BCUT2D eigenvalue weighted by molar-refractivity contribution is -0.106. The zero-order valence-electron chi connectivity index (χ0n) is 11.4. The van der Waals surface area contributed by atoms with Crippen molar-refractivity contribution in [3.8, 4) is 6.07 Å². The maximum Gasteiger partial charge on any atom is 0.183 e. The van der Waals surface area contributed by atoms with E-state index in [1.165, 1.54) is 17.7 Å². The van der Waals surface area contributed by atoms with Crippen molar-refractivity contribution in [2.24, 2.45) is 5.41 Å². The molecule has 1 aromatic rings. The van der Waals surface area contributed by atoms with Gasteiger partial charge >= 0.3 is 0 Å². The average Bonchev–Trinajstić information content (AvgIpc) is 3.20. The van der Waals surface area contributed by atoms with E-state index in [0.29, 0.717) is 11.8 Å². The molecule has 19 heavy (non-hydrogen) atoms. The van der Waals surface area contributed by atoms with Gasteiger partial charge in [-0.3, -0.25) is 0 Å². The Morgan fingerprint density at radius 1 is 1.26 bits per heavy atom. The summed E-state index contributed by atoms with van der Waals surface area (Å²) >= 11 is 1.83. The van der Waals surface area contributed by atoms with Gasteiger partial charge in [-0.05, 0) is 30.4 Å². The third-order valence-corrected chi connectivity index (χ3v) is 4.90. The molecule has 0 radical (unpaired) electrons. The molecule has 0 heterocycles. The summed E-state index contributed by atoms with van der Waals surface area (Å²) in [7, 11) is 3.27. The Morgan fingerprint density at radius 2 is 1.89 bits per heavy atom. The second-order valence-electron chi connectivity index (χ2n) is 5.00. The second kappa shape index (κ2) is 6.42. The zero-order valence-corrected chi connectivity index (χ0v) is 12.2. The van der Waals surface area contributed by atoms with Crippen molar-refractivity contribution < 1.29 is 9.47 Å². The zero-order chi connectivity index (χ0) is 13.7. The Balaban J connectivity index is 1.90. The topological polar surface area (TPSA) is 42.2 Å². The summed E-state index contributed by atoms with van der Waals surface area (Å²) in [5, 5.41) is 8.80. The van der Waals surface area contributed by atoms with Gasteiger partial charge in [-0.2, -0.15) is 5.26 Å². The fourth-order valence-corrected chi connectivity index (χ4v) is 3.23. The van der Waals surface area contributed by atoms with Crippen LogP contribution in [0.15, 0.2) is 29.2 Å². The predicted octanol–water partition coefficient (Wildman–Crippen LogP) is 3.76. The van der Waals surface area contributed by atoms with Crippen LogP contribution in [-0.4, -0.2) is 20.0 Å². The highest BCUT2D eigenvalue weighted by Crippen LogP contribution is 2.51. The van der Waals surface area contributed by atoms with Crippen LogP contribution in [0.5, 0.6) is 0 Å². The van der Waals surface area contributed by atoms with Gasteiger partial charge in [-0.1, -0.05) is 12.1 Å². The molecule has 1 aromatic carbocycles. The molecule has 0 atom stereocenters. The monoisotopic (exact) mass is 277 g/mol. The first-order chi connectivity index (χ1) is 9.23. The molecule has 0 bridgehead atoms. The van der Waals surface area contributed by atoms with E-state index in [1.54, 1.807) is 14.2 Å². The van der Waals surface area contributed by atoms with E-state index >= 15 is 0 Å². The van der Waals surface area contributed by atoms with Crippen molar-refractivity contribution in [2.45, 2.75) is 30.4 Å². The lowest BCUT2D eigenvalue weighted by Gasteiger charge is -2.14. The van der Waals surface area contributed by atoms with Gasteiger partial charge < -0.3 is 9.47 Å². The summed E-state index contributed by atoms with van der Waals surface area (Å²) < 4.78 is 10.4. The summed E-state index contributed by atoms with van der Waals surface area (Å²) in [4.78, 5) is 1.24. The number of ether oxygens (including phenoxy) is 2. The quantitative estimate of drug-likeness (QED) is 0.562. The Hall–Kier alpha value is -1.02. The Morgan fingerprint density at radius 3 is 2.37 bits per heavy atom. The maximum atomic E-state index is 8.80. The fourth-order valence-electron chi connectivity index (χ4n) is 2.04. The minimum atomic E-state index is -0.299. The standard InChI is InChI=1S/C15H19NO2S/c1-17-14(18-2)12-3-5-13(6-4-12)19-11-15(7-8-15)9-10-16/h3-6,14H,7-9,11H2,1-2H3. The second-order valence-corrected chi connectivity index (χ2v) is 6.04. The van der Waals surface area contributed by atoms with Gasteiger partial charge in [0.2, 0.25) is 0 Å². The normalized spacial score (nSPS) is 16.3. The van der Waals surface area contributed by atoms with Gasteiger partial charge in [-0.25, -0.2) is 0 Å². The van der Waals surface area contributed by atoms with E-state index in [0.717, 1.165) is 11.3 Å². The summed E-state index contributed by atoms with van der Waals surface area (Å²) in [6.45, 7) is 0. The van der Waals surface area contributed by atoms with E-state index in [2.05, 4.69) is 18.2 Å². The lowest BCUT2D eigenvalue weighted by atomic mass is 10.1. The Bertz CT molecular complexity index is 444. The molecule has 0 spiro atoms. The minimum absolute atomic E-state index is 0.291. The summed E-state index contributed by atoms with van der Waals surface area (Å²) in [6.07, 6.45) is 2.78. The highest BCUT2D eigenvalue weighted by Gasteiger charge is 2.42. The molecule has 0 aromatic heterocycles. The molecule has 0 saturated heterocycles. The van der Waals surface area contributed by atoms with Crippen LogP contribution >= 0.6 is 11.8 Å². The highest BCUT2D eigenvalue weighted by molar-refractivity contribution is 7.99. The predicted molar refractivity (Wildman–Crippen MR) is 75.8 cm³/mol. The average molecular weight is 277 g/mol. The number of rotatable bonds is 7. The van der Waals surface area contributed by atoms with Crippen LogP contribution in [0, 0.1) is 16.7 Å². The molecule has 4 heteroatoms. The maximum absolute atomic E-state index is 8.80. The van der Waals surface area contributed by atoms with Crippen LogP contribution < -0.4 is 0 Å². The van der Waals surface area contributed by atoms with Gasteiger partial charge in [0.25, 0.3) is 0 Å². The number of thioether (sulfide) groups is 1. The number of nitrogens with zero attached hydrogens (tertiary/aromatic N) is 1. The molecule has 1 aliphatic rings. The van der Waals surface area contributed by atoms with Crippen LogP contribution in [0.25, 0.3) is 0 Å². The number of methoxy groups -OCH3 is 2. The first-order valence-corrected chi connectivity index (χ1v) is 7.37. The molecule has 0 unspecified atom stereocenters. The molecule has 1 fully saturated rings. The van der Waals surface area contributed by atoms with Crippen molar-refractivity contribution in [3.05, 3.63) is 29.8 Å². The van der Waals surface area contributed by atoms with E-state index in [4.69, 9.17) is 14.7 Å². The van der Waals surface area contributed by atoms with Gasteiger partial charge in [0, 0.05) is 36.9 Å². The highest BCUT2D eigenvalue weighted by atomic mass is 32.2. The Kier molecular flexibility index (Phi) is 4.87. The third-order valence-electron chi connectivity index (χ3n) is 3.54. The van der Waals surface area contributed by atoms with E-state index in [-0.39, 0.29) is 6.29 Å². The summed E-state index contributed by atoms with van der Waals surface area (Å²) in [6, 6.07) is 10.5. The van der Waals surface area contributed by atoms with E-state index in [1.807, 2.05) is 23.9 Å². The summed E-state index contributed by atoms with van der Waals surface area (Å²) in [5.41, 5.74) is 1.31. The molecule has 2 rings (SSSR count). The first-order valence-electron chi connectivity index (χ1n) is 6.38. The van der Waals surface area contributed by atoms with Crippen LogP contribution in [0.3, 0.4) is 0 Å². The lowest BCUT2D eigenvalue weighted by Crippen LogP contribution is -2.04. The van der Waals surface area contributed by atoms with Crippen LogP contribution in [0.4, 0.5) is 0 Å². The van der Waals surface area contributed by atoms with Crippen molar-refractivity contribution >= 4 is 11.8 Å². The van der Waals surface area contributed by atoms with Crippen molar-refractivity contribution in [3.63, 3.8) is 0 Å². The third kappa shape index (κ3) is 3.73. The molecular weight excluding hydrogens is 258 g/mol. The Labute approximate surface area is 118 Å². The number of benzene rings is 1. The molecule has 0 amide bonds. The molecule has 3 nitrogen and oxygen atoms in total. The van der Waals surface area contributed by atoms with E-state index in [9.17, 15) is 0 Å². The van der Waals surface area contributed by atoms with E-state index < -0.39 is 0 Å². The van der Waals surface area contributed by atoms with Crippen molar-refractivity contribution in [2.75, 3.05) is 20.0 Å². The number of hydrogen-bond donors (Lipinski definition) is 0. The van der Waals surface area contributed by atoms with Gasteiger partial charge in [0.1, 0.15) is 0 Å². The molecule has 1 aliphatic carbocycles.